The number of benzene rings is 1. The smallest absolute Gasteiger partial charge is 0.193 e. The quantitative estimate of drug-likeness (QED) is 0.813. The molecule has 4 heteroatoms. The van der Waals surface area contributed by atoms with E-state index in [2.05, 4.69) is 20.9 Å². The van der Waals surface area contributed by atoms with E-state index in [1.165, 1.54) is 0 Å². The fraction of sp³-hybridized carbons (Fsp3) is 0.100. The predicted molar refractivity (Wildman–Crippen MR) is 60.2 cm³/mol. The van der Waals surface area contributed by atoms with Gasteiger partial charge in [0.15, 0.2) is 5.43 Å². The highest BCUT2D eigenvalue weighted by atomic mass is 79.9. The van der Waals surface area contributed by atoms with Gasteiger partial charge in [-0.3, -0.25) is 4.79 Å². The first-order valence-electron chi connectivity index (χ1n) is 4.22. The van der Waals surface area contributed by atoms with Crippen LogP contribution in [0.3, 0.4) is 0 Å². The molecule has 0 aliphatic carbocycles. The van der Waals surface area contributed by atoms with Crippen molar-refractivity contribution in [2.24, 2.45) is 5.73 Å². The van der Waals surface area contributed by atoms with Crippen molar-refractivity contribution in [1.29, 1.82) is 0 Å². The first-order valence-corrected chi connectivity index (χ1v) is 5.01. The van der Waals surface area contributed by atoms with Gasteiger partial charge in [-0.1, -0.05) is 15.9 Å². The Morgan fingerprint density at radius 3 is 2.93 bits per heavy atom. The summed E-state index contributed by atoms with van der Waals surface area (Å²) in [4.78, 5) is 14.8. The maximum absolute atomic E-state index is 11.8. The molecular weight excluding hydrogens is 244 g/mol. The second-order valence-corrected chi connectivity index (χ2v) is 3.95. The first kappa shape index (κ1) is 9.43. The minimum Gasteiger partial charge on any atom is -0.361 e. The lowest BCUT2D eigenvalue weighted by molar-refractivity contribution is 1.04. The van der Waals surface area contributed by atoms with Crippen molar-refractivity contribution in [3.8, 4) is 0 Å². The standard InChI is InChI=1S/C10H9BrN2O/c11-7-1-2-9-8(3-7)10(14)6(4-12)5-13-9/h1-3,5H,4,12H2,(H,13,14). The summed E-state index contributed by atoms with van der Waals surface area (Å²) in [6.07, 6.45) is 1.67. The Hall–Kier alpha value is -1.13. The van der Waals surface area contributed by atoms with Crippen LogP contribution in [0.5, 0.6) is 0 Å². The van der Waals surface area contributed by atoms with Crippen molar-refractivity contribution in [2.75, 3.05) is 0 Å². The summed E-state index contributed by atoms with van der Waals surface area (Å²) < 4.78 is 0.893. The number of halogens is 1. The molecule has 3 N–H and O–H groups in total. The average molecular weight is 253 g/mol. The molecule has 2 aromatic rings. The van der Waals surface area contributed by atoms with Gasteiger partial charge in [-0.2, -0.15) is 0 Å². The normalized spacial score (nSPS) is 10.7. The number of pyridine rings is 1. The van der Waals surface area contributed by atoms with Gasteiger partial charge in [-0.05, 0) is 18.2 Å². The Morgan fingerprint density at radius 1 is 1.43 bits per heavy atom. The van der Waals surface area contributed by atoms with Gasteiger partial charge in [0, 0.05) is 33.7 Å². The molecule has 0 radical (unpaired) electrons. The maximum atomic E-state index is 11.8. The molecule has 1 aromatic carbocycles. The number of nitrogens with two attached hydrogens (primary N) is 1. The van der Waals surface area contributed by atoms with Crippen molar-refractivity contribution in [3.63, 3.8) is 0 Å². The third-order valence-electron chi connectivity index (χ3n) is 2.14. The fourth-order valence-electron chi connectivity index (χ4n) is 1.39. The average Bonchev–Trinajstić information content (AvgIpc) is 2.20. The van der Waals surface area contributed by atoms with Crippen LogP contribution in [-0.4, -0.2) is 4.98 Å². The predicted octanol–water partition coefficient (Wildman–Crippen LogP) is 1.75. The lowest BCUT2D eigenvalue weighted by atomic mass is 10.1. The first-order chi connectivity index (χ1) is 6.72. The molecule has 0 fully saturated rings. The van der Waals surface area contributed by atoms with Gasteiger partial charge in [0.2, 0.25) is 0 Å². The van der Waals surface area contributed by atoms with Crippen molar-refractivity contribution < 1.29 is 0 Å². The van der Waals surface area contributed by atoms with Crippen LogP contribution in [0.2, 0.25) is 0 Å². The van der Waals surface area contributed by atoms with Gasteiger partial charge in [-0.25, -0.2) is 0 Å². The van der Waals surface area contributed by atoms with E-state index in [9.17, 15) is 4.79 Å². The Morgan fingerprint density at radius 2 is 2.21 bits per heavy atom. The minimum atomic E-state index is 0.00236. The third-order valence-corrected chi connectivity index (χ3v) is 2.63. The summed E-state index contributed by atoms with van der Waals surface area (Å²) in [5.41, 5.74) is 6.89. The van der Waals surface area contributed by atoms with E-state index >= 15 is 0 Å². The Kier molecular flexibility index (Phi) is 2.39. The van der Waals surface area contributed by atoms with E-state index in [1.807, 2.05) is 12.1 Å². The van der Waals surface area contributed by atoms with Crippen molar-refractivity contribution in [1.82, 2.24) is 4.98 Å². The minimum absolute atomic E-state index is 0.00236. The maximum Gasteiger partial charge on any atom is 0.193 e. The zero-order valence-electron chi connectivity index (χ0n) is 7.38. The lowest BCUT2D eigenvalue weighted by Crippen LogP contribution is -2.13. The highest BCUT2D eigenvalue weighted by molar-refractivity contribution is 9.10. The molecule has 0 saturated carbocycles. The second kappa shape index (κ2) is 3.55. The molecule has 0 amide bonds. The Balaban J connectivity index is 2.87. The SMILES string of the molecule is NCc1c[nH]c2ccc(Br)cc2c1=O. The monoisotopic (exact) mass is 252 g/mol. The molecule has 0 saturated heterocycles. The number of aromatic nitrogens is 1. The molecule has 72 valence electrons. The molecular formula is C10H9BrN2O. The molecule has 2 rings (SSSR count). The van der Waals surface area contributed by atoms with Crippen LogP contribution >= 0.6 is 15.9 Å². The van der Waals surface area contributed by atoms with Crippen LogP contribution in [0.25, 0.3) is 10.9 Å². The van der Waals surface area contributed by atoms with Crippen LogP contribution in [-0.2, 0) is 6.54 Å². The number of hydrogen-bond acceptors (Lipinski definition) is 2. The molecule has 1 heterocycles. The van der Waals surface area contributed by atoms with Crippen LogP contribution in [0.15, 0.2) is 33.7 Å². The van der Waals surface area contributed by atoms with Crippen LogP contribution in [0.4, 0.5) is 0 Å². The van der Waals surface area contributed by atoms with Crippen LogP contribution in [0.1, 0.15) is 5.56 Å². The highest BCUT2D eigenvalue weighted by Crippen LogP contribution is 2.15. The topological polar surface area (TPSA) is 58.9 Å². The van der Waals surface area contributed by atoms with Gasteiger partial charge in [0.1, 0.15) is 0 Å². The largest absolute Gasteiger partial charge is 0.361 e. The summed E-state index contributed by atoms with van der Waals surface area (Å²) in [5, 5.41) is 0.669. The Bertz CT molecular complexity index is 533. The summed E-state index contributed by atoms with van der Waals surface area (Å²) in [6.45, 7) is 0.262. The van der Waals surface area contributed by atoms with Crippen LogP contribution in [0, 0.1) is 0 Å². The number of rotatable bonds is 1. The molecule has 0 bridgehead atoms. The van der Waals surface area contributed by atoms with Gasteiger partial charge < -0.3 is 10.7 Å². The Labute approximate surface area is 89.1 Å². The fourth-order valence-corrected chi connectivity index (χ4v) is 1.75. The van der Waals surface area contributed by atoms with E-state index in [4.69, 9.17) is 5.73 Å². The van der Waals surface area contributed by atoms with Gasteiger partial charge in [0.05, 0.1) is 0 Å². The van der Waals surface area contributed by atoms with Crippen molar-refractivity contribution in [2.45, 2.75) is 6.54 Å². The zero-order chi connectivity index (χ0) is 10.1. The van der Waals surface area contributed by atoms with E-state index < -0.39 is 0 Å². The molecule has 14 heavy (non-hydrogen) atoms. The number of H-pyrrole nitrogens is 1. The van der Waals surface area contributed by atoms with E-state index in [1.54, 1.807) is 12.3 Å². The number of fused-ring (bicyclic) bond motifs is 1. The molecule has 0 spiro atoms. The molecule has 0 atom stereocenters. The van der Waals surface area contributed by atoms with E-state index in [0.717, 1.165) is 9.99 Å². The molecule has 0 aliphatic rings. The highest BCUT2D eigenvalue weighted by Gasteiger charge is 2.03. The van der Waals surface area contributed by atoms with E-state index in [-0.39, 0.29) is 12.0 Å². The number of aromatic amines is 1. The molecule has 0 aliphatic heterocycles. The number of hydrogen-bond donors (Lipinski definition) is 2. The second-order valence-electron chi connectivity index (χ2n) is 3.04. The summed E-state index contributed by atoms with van der Waals surface area (Å²) in [6, 6.07) is 5.55. The summed E-state index contributed by atoms with van der Waals surface area (Å²) >= 11 is 3.33. The van der Waals surface area contributed by atoms with Gasteiger partial charge in [-0.15, -0.1) is 0 Å². The lowest BCUT2D eigenvalue weighted by Gasteiger charge is -2.01. The molecule has 1 aromatic heterocycles. The van der Waals surface area contributed by atoms with Gasteiger partial charge >= 0.3 is 0 Å². The van der Waals surface area contributed by atoms with Crippen molar-refractivity contribution >= 4 is 26.8 Å². The zero-order valence-corrected chi connectivity index (χ0v) is 8.97. The van der Waals surface area contributed by atoms with Gasteiger partial charge in [0.25, 0.3) is 0 Å². The molecule has 0 unspecified atom stereocenters. The van der Waals surface area contributed by atoms with Crippen molar-refractivity contribution in [3.05, 3.63) is 44.7 Å². The number of nitrogens with one attached hydrogen (secondary N) is 1. The summed E-state index contributed by atoms with van der Waals surface area (Å²) in [7, 11) is 0. The molecule has 3 nitrogen and oxygen atoms in total. The third kappa shape index (κ3) is 1.47. The van der Waals surface area contributed by atoms with Crippen LogP contribution < -0.4 is 11.2 Å². The van der Waals surface area contributed by atoms with E-state index in [0.29, 0.717) is 10.9 Å². The summed E-state index contributed by atoms with van der Waals surface area (Å²) in [5.74, 6) is 0.